The number of nitrogens with zero attached hydrogens (tertiary/aromatic N) is 1. The Bertz CT molecular complexity index is 459. The third-order valence-electron chi connectivity index (χ3n) is 3.68. The molecule has 1 heterocycles. The van der Waals surface area contributed by atoms with Gasteiger partial charge < -0.3 is 11.1 Å². The number of anilines is 1. The molecule has 1 aliphatic rings. The molecule has 0 radical (unpaired) electrons. The van der Waals surface area contributed by atoms with Gasteiger partial charge in [-0.3, -0.25) is 9.69 Å². The van der Waals surface area contributed by atoms with Gasteiger partial charge >= 0.3 is 0 Å². The Morgan fingerprint density at radius 3 is 2.95 bits per heavy atom. The molecular weight excluding hydrogens is 238 g/mol. The van der Waals surface area contributed by atoms with Crippen molar-refractivity contribution in [1.29, 1.82) is 0 Å². The average Bonchev–Trinajstić information content (AvgIpc) is 2.77. The molecule has 1 aromatic rings. The van der Waals surface area contributed by atoms with Gasteiger partial charge in [0.15, 0.2) is 0 Å². The van der Waals surface area contributed by atoms with Gasteiger partial charge in [-0.15, -0.1) is 0 Å². The monoisotopic (exact) mass is 261 g/mol. The first-order valence-electron chi connectivity index (χ1n) is 6.96. The summed E-state index contributed by atoms with van der Waals surface area (Å²) in [4.78, 5) is 14.2. The topological polar surface area (TPSA) is 58.4 Å². The molecule has 0 aliphatic carbocycles. The lowest BCUT2D eigenvalue weighted by atomic mass is 10.1. The predicted molar refractivity (Wildman–Crippen MR) is 78.2 cm³/mol. The van der Waals surface area contributed by atoms with Crippen molar-refractivity contribution in [3.8, 4) is 0 Å². The fourth-order valence-corrected chi connectivity index (χ4v) is 2.59. The summed E-state index contributed by atoms with van der Waals surface area (Å²) in [6.07, 6.45) is 1.91. The van der Waals surface area contributed by atoms with Crippen LogP contribution in [0.4, 0.5) is 5.69 Å². The summed E-state index contributed by atoms with van der Waals surface area (Å²) in [5.41, 5.74) is 9.12. The van der Waals surface area contributed by atoms with Crippen LogP contribution in [0.5, 0.6) is 0 Å². The molecule has 1 atom stereocenters. The first kappa shape index (κ1) is 14.0. The minimum Gasteiger partial charge on any atom is -0.326 e. The van der Waals surface area contributed by atoms with Crippen molar-refractivity contribution in [1.82, 2.24) is 4.90 Å². The zero-order valence-corrected chi connectivity index (χ0v) is 11.8. The second-order valence-corrected chi connectivity index (χ2v) is 5.29. The summed E-state index contributed by atoms with van der Waals surface area (Å²) >= 11 is 0. The quantitative estimate of drug-likeness (QED) is 0.864. The zero-order chi connectivity index (χ0) is 13.8. The molecular formula is C15H23N3O. The molecule has 104 valence electrons. The number of aryl methyl sites for hydroxylation is 2. The van der Waals surface area contributed by atoms with E-state index in [1.54, 1.807) is 0 Å². The Balaban J connectivity index is 1.99. The molecule has 19 heavy (non-hydrogen) atoms. The van der Waals surface area contributed by atoms with Crippen molar-refractivity contribution >= 4 is 11.6 Å². The van der Waals surface area contributed by atoms with E-state index in [0.717, 1.165) is 37.2 Å². The van der Waals surface area contributed by atoms with Gasteiger partial charge in [0.2, 0.25) is 5.91 Å². The average molecular weight is 261 g/mol. The van der Waals surface area contributed by atoms with Gasteiger partial charge in [-0.05, 0) is 30.9 Å². The van der Waals surface area contributed by atoms with Gasteiger partial charge in [-0.25, -0.2) is 0 Å². The van der Waals surface area contributed by atoms with Crippen molar-refractivity contribution < 1.29 is 4.79 Å². The molecule has 3 N–H and O–H groups in total. The molecule has 1 saturated heterocycles. The first-order chi connectivity index (χ1) is 9.10. The van der Waals surface area contributed by atoms with Gasteiger partial charge in [0, 0.05) is 24.8 Å². The number of nitrogens with two attached hydrogens (primary N) is 1. The van der Waals surface area contributed by atoms with E-state index in [1.165, 1.54) is 5.56 Å². The van der Waals surface area contributed by atoms with E-state index >= 15 is 0 Å². The maximum absolute atomic E-state index is 12.1. The SMILES string of the molecule is CCc1cccc(C)c1NC(=O)CN1CC[C@@H](N)C1. The number of amides is 1. The molecule has 1 fully saturated rings. The highest BCUT2D eigenvalue weighted by Gasteiger charge is 2.21. The van der Waals surface area contributed by atoms with Crippen LogP contribution in [0, 0.1) is 6.92 Å². The van der Waals surface area contributed by atoms with Crippen molar-refractivity contribution in [2.45, 2.75) is 32.7 Å². The lowest BCUT2D eigenvalue weighted by Crippen LogP contribution is -2.34. The van der Waals surface area contributed by atoms with E-state index in [9.17, 15) is 4.79 Å². The molecule has 1 aliphatic heterocycles. The highest BCUT2D eigenvalue weighted by atomic mass is 16.2. The maximum atomic E-state index is 12.1. The number of rotatable bonds is 4. The standard InChI is InChI=1S/C15H23N3O/c1-3-12-6-4-5-11(2)15(12)17-14(19)10-18-8-7-13(16)9-18/h4-6,13H,3,7-10,16H2,1-2H3,(H,17,19)/t13-/m1/s1. The van der Waals surface area contributed by atoms with Gasteiger partial charge in [0.1, 0.15) is 0 Å². The van der Waals surface area contributed by atoms with Crippen molar-refractivity contribution in [2.75, 3.05) is 25.0 Å². The molecule has 0 unspecified atom stereocenters. The highest BCUT2D eigenvalue weighted by molar-refractivity contribution is 5.93. The number of likely N-dealkylation sites (tertiary alicyclic amines) is 1. The molecule has 0 spiro atoms. The Kier molecular flexibility index (Phi) is 4.56. The van der Waals surface area contributed by atoms with Crippen LogP contribution >= 0.6 is 0 Å². The van der Waals surface area contributed by atoms with Crippen LogP contribution in [0.25, 0.3) is 0 Å². The number of hydrogen-bond acceptors (Lipinski definition) is 3. The molecule has 4 nitrogen and oxygen atoms in total. The summed E-state index contributed by atoms with van der Waals surface area (Å²) in [7, 11) is 0. The van der Waals surface area contributed by atoms with Crippen molar-refractivity contribution in [2.24, 2.45) is 5.73 Å². The van der Waals surface area contributed by atoms with Crippen LogP contribution in [0.1, 0.15) is 24.5 Å². The fourth-order valence-electron chi connectivity index (χ4n) is 2.59. The number of carbonyl (C=O) groups excluding carboxylic acids is 1. The Hall–Kier alpha value is -1.39. The van der Waals surface area contributed by atoms with Crippen LogP contribution in [-0.4, -0.2) is 36.5 Å². The summed E-state index contributed by atoms with van der Waals surface area (Å²) in [5.74, 6) is 0.0538. The maximum Gasteiger partial charge on any atom is 0.238 e. The van der Waals surface area contributed by atoms with Crippen LogP contribution in [0.15, 0.2) is 18.2 Å². The molecule has 2 rings (SSSR count). The van der Waals surface area contributed by atoms with E-state index in [1.807, 2.05) is 19.1 Å². The van der Waals surface area contributed by atoms with Crippen LogP contribution in [0.3, 0.4) is 0 Å². The summed E-state index contributed by atoms with van der Waals surface area (Å²) < 4.78 is 0. The van der Waals surface area contributed by atoms with E-state index in [-0.39, 0.29) is 11.9 Å². The lowest BCUT2D eigenvalue weighted by molar-refractivity contribution is -0.117. The minimum absolute atomic E-state index is 0.0538. The first-order valence-corrected chi connectivity index (χ1v) is 6.96. The van der Waals surface area contributed by atoms with E-state index in [2.05, 4.69) is 23.2 Å². The Morgan fingerprint density at radius 1 is 1.53 bits per heavy atom. The Morgan fingerprint density at radius 2 is 2.32 bits per heavy atom. The molecule has 1 aromatic carbocycles. The summed E-state index contributed by atoms with van der Waals surface area (Å²) in [5, 5.41) is 3.05. The van der Waals surface area contributed by atoms with Crippen molar-refractivity contribution in [3.05, 3.63) is 29.3 Å². The molecule has 0 saturated carbocycles. The fraction of sp³-hybridized carbons (Fsp3) is 0.533. The predicted octanol–water partition coefficient (Wildman–Crippen LogP) is 1.53. The highest BCUT2D eigenvalue weighted by Crippen LogP contribution is 2.21. The zero-order valence-electron chi connectivity index (χ0n) is 11.8. The van der Waals surface area contributed by atoms with Crippen LogP contribution in [0.2, 0.25) is 0 Å². The van der Waals surface area contributed by atoms with Gasteiger partial charge in [0.25, 0.3) is 0 Å². The minimum atomic E-state index is 0.0538. The van der Waals surface area contributed by atoms with Gasteiger partial charge in [-0.2, -0.15) is 0 Å². The summed E-state index contributed by atoms with van der Waals surface area (Å²) in [6.45, 7) is 6.31. The smallest absolute Gasteiger partial charge is 0.238 e. The lowest BCUT2D eigenvalue weighted by Gasteiger charge is -2.17. The third-order valence-corrected chi connectivity index (χ3v) is 3.68. The molecule has 0 bridgehead atoms. The number of benzene rings is 1. The van der Waals surface area contributed by atoms with E-state index < -0.39 is 0 Å². The molecule has 0 aromatic heterocycles. The number of nitrogens with one attached hydrogen (secondary N) is 1. The number of para-hydroxylation sites is 1. The van der Waals surface area contributed by atoms with Crippen molar-refractivity contribution in [3.63, 3.8) is 0 Å². The van der Waals surface area contributed by atoms with Crippen LogP contribution in [-0.2, 0) is 11.2 Å². The largest absolute Gasteiger partial charge is 0.326 e. The van der Waals surface area contributed by atoms with Gasteiger partial charge in [-0.1, -0.05) is 25.1 Å². The number of carbonyl (C=O) groups is 1. The van der Waals surface area contributed by atoms with E-state index in [4.69, 9.17) is 5.73 Å². The molecule has 4 heteroatoms. The summed E-state index contributed by atoms with van der Waals surface area (Å²) in [6, 6.07) is 6.34. The second-order valence-electron chi connectivity index (χ2n) is 5.29. The Labute approximate surface area is 115 Å². The normalized spacial score (nSPS) is 19.6. The molecule has 1 amide bonds. The number of hydrogen-bond donors (Lipinski definition) is 2. The van der Waals surface area contributed by atoms with E-state index in [0.29, 0.717) is 6.54 Å². The van der Waals surface area contributed by atoms with Gasteiger partial charge in [0.05, 0.1) is 6.54 Å². The van der Waals surface area contributed by atoms with Crippen LogP contribution < -0.4 is 11.1 Å². The second kappa shape index (κ2) is 6.17. The third kappa shape index (κ3) is 3.55.